The predicted octanol–water partition coefficient (Wildman–Crippen LogP) is -0.0833. The maximum atomic E-state index is 11.0. The molecule has 0 rings (SSSR count). The van der Waals surface area contributed by atoms with Crippen molar-refractivity contribution in [3.8, 4) is 12.3 Å². The minimum atomic E-state index is -0.716. The maximum Gasteiger partial charge on any atom is 0.323 e. The van der Waals surface area contributed by atoms with Crippen LogP contribution in [0.4, 0.5) is 0 Å². The molecule has 0 amide bonds. The number of hydrogen-bond donors (Lipinski definition) is 1. The Bertz CT molecular complexity index is 186. The van der Waals surface area contributed by atoms with Crippen LogP contribution in [-0.4, -0.2) is 31.8 Å². The molecule has 0 spiro atoms. The van der Waals surface area contributed by atoms with Crippen molar-refractivity contribution in [1.82, 2.24) is 0 Å². The van der Waals surface area contributed by atoms with Crippen LogP contribution in [0.25, 0.3) is 0 Å². The molecule has 0 heterocycles. The standard InChI is InChI=1S/C9H15NO3/c1-3-5-8(10)9(11)13-7-6-12-4-2/h1,8H,4-7,10H2,2H3. The van der Waals surface area contributed by atoms with Crippen molar-refractivity contribution in [2.24, 2.45) is 5.73 Å². The SMILES string of the molecule is C#CCC(N)C(=O)OCCOCC. The van der Waals surface area contributed by atoms with E-state index in [2.05, 4.69) is 5.92 Å². The summed E-state index contributed by atoms with van der Waals surface area (Å²) >= 11 is 0. The van der Waals surface area contributed by atoms with Crippen LogP contribution >= 0.6 is 0 Å². The summed E-state index contributed by atoms with van der Waals surface area (Å²) in [7, 11) is 0. The van der Waals surface area contributed by atoms with E-state index in [-0.39, 0.29) is 13.0 Å². The quantitative estimate of drug-likeness (QED) is 0.357. The Labute approximate surface area is 78.4 Å². The van der Waals surface area contributed by atoms with E-state index in [4.69, 9.17) is 21.6 Å². The molecule has 0 aliphatic rings. The van der Waals surface area contributed by atoms with E-state index in [0.717, 1.165) is 0 Å². The second kappa shape index (κ2) is 7.59. The molecule has 4 heteroatoms. The van der Waals surface area contributed by atoms with Gasteiger partial charge in [0.1, 0.15) is 12.6 Å². The Balaban J connectivity index is 3.45. The summed E-state index contributed by atoms with van der Waals surface area (Å²) < 4.78 is 9.74. The molecule has 0 saturated carbocycles. The van der Waals surface area contributed by atoms with Gasteiger partial charge in [-0.1, -0.05) is 0 Å². The minimum absolute atomic E-state index is 0.202. The van der Waals surface area contributed by atoms with Crippen molar-refractivity contribution in [2.45, 2.75) is 19.4 Å². The van der Waals surface area contributed by atoms with Gasteiger partial charge >= 0.3 is 5.97 Å². The molecule has 0 aliphatic heterocycles. The fraction of sp³-hybridized carbons (Fsp3) is 0.667. The molecule has 1 atom stereocenters. The van der Waals surface area contributed by atoms with E-state index < -0.39 is 12.0 Å². The highest BCUT2D eigenvalue weighted by Crippen LogP contribution is 1.90. The summed E-state index contributed by atoms with van der Waals surface area (Å²) in [6.45, 7) is 3.09. The van der Waals surface area contributed by atoms with Gasteiger partial charge in [-0.3, -0.25) is 4.79 Å². The van der Waals surface area contributed by atoms with Crippen LogP contribution < -0.4 is 5.73 Å². The number of carbonyl (C=O) groups excluding carboxylic acids is 1. The number of rotatable bonds is 6. The highest BCUT2D eigenvalue weighted by molar-refractivity contribution is 5.75. The lowest BCUT2D eigenvalue weighted by atomic mass is 10.2. The lowest BCUT2D eigenvalue weighted by Crippen LogP contribution is -2.32. The first kappa shape index (κ1) is 11.9. The molecule has 0 radical (unpaired) electrons. The van der Waals surface area contributed by atoms with Gasteiger partial charge in [0.05, 0.1) is 6.61 Å². The molecule has 0 bridgehead atoms. The van der Waals surface area contributed by atoms with Crippen molar-refractivity contribution in [1.29, 1.82) is 0 Å². The van der Waals surface area contributed by atoms with Crippen molar-refractivity contribution in [3.63, 3.8) is 0 Å². The number of carbonyl (C=O) groups is 1. The van der Waals surface area contributed by atoms with E-state index in [1.165, 1.54) is 0 Å². The molecule has 0 aromatic heterocycles. The highest BCUT2D eigenvalue weighted by Gasteiger charge is 2.12. The van der Waals surface area contributed by atoms with Gasteiger partial charge in [-0.2, -0.15) is 0 Å². The van der Waals surface area contributed by atoms with E-state index in [1.807, 2.05) is 6.92 Å². The summed E-state index contributed by atoms with van der Waals surface area (Å²) in [5.74, 6) is 1.82. The maximum absolute atomic E-state index is 11.0. The van der Waals surface area contributed by atoms with Gasteiger partial charge in [-0.05, 0) is 6.92 Å². The number of ether oxygens (including phenoxy) is 2. The molecule has 74 valence electrons. The smallest absolute Gasteiger partial charge is 0.323 e. The largest absolute Gasteiger partial charge is 0.462 e. The second-order valence-corrected chi connectivity index (χ2v) is 2.38. The normalized spacial score (nSPS) is 11.8. The van der Waals surface area contributed by atoms with Crippen LogP contribution in [0.2, 0.25) is 0 Å². The summed E-state index contributed by atoms with van der Waals surface area (Å²) in [6.07, 6.45) is 5.18. The number of esters is 1. The minimum Gasteiger partial charge on any atom is -0.462 e. The topological polar surface area (TPSA) is 61.6 Å². The fourth-order valence-corrected chi connectivity index (χ4v) is 0.663. The van der Waals surface area contributed by atoms with Crippen LogP contribution in [-0.2, 0) is 14.3 Å². The Morgan fingerprint density at radius 3 is 2.85 bits per heavy atom. The lowest BCUT2D eigenvalue weighted by Gasteiger charge is -2.08. The van der Waals surface area contributed by atoms with E-state index in [9.17, 15) is 4.79 Å². The third-order valence-corrected chi connectivity index (χ3v) is 1.32. The Kier molecular flexibility index (Phi) is 6.98. The molecule has 4 nitrogen and oxygen atoms in total. The first-order chi connectivity index (χ1) is 6.22. The number of nitrogens with two attached hydrogens (primary N) is 1. The molecule has 0 aromatic carbocycles. The van der Waals surface area contributed by atoms with E-state index in [1.54, 1.807) is 0 Å². The first-order valence-electron chi connectivity index (χ1n) is 4.15. The van der Waals surface area contributed by atoms with Gasteiger partial charge < -0.3 is 15.2 Å². The molecule has 0 aliphatic carbocycles. The van der Waals surface area contributed by atoms with Crippen molar-refractivity contribution in [2.75, 3.05) is 19.8 Å². The molecular formula is C9H15NO3. The van der Waals surface area contributed by atoms with Crippen LogP contribution in [0.15, 0.2) is 0 Å². The fourth-order valence-electron chi connectivity index (χ4n) is 0.663. The number of terminal acetylenes is 1. The van der Waals surface area contributed by atoms with Gasteiger partial charge in [-0.15, -0.1) is 12.3 Å². The predicted molar refractivity (Wildman–Crippen MR) is 48.9 cm³/mol. The van der Waals surface area contributed by atoms with Gasteiger partial charge in [-0.25, -0.2) is 0 Å². The van der Waals surface area contributed by atoms with Crippen molar-refractivity contribution in [3.05, 3.63) is 0 Å². The van der Waals surface area contributed by atoms with E-state index in [0.29, 0.717) is 13.2 Å². The Morgan fingerprint density at radius 1 is 1.62 bits per heavy atom. The summed E-state index contributed by atoms with van der Waals surface area (Å²) in [5, 5.41) is 0. The van der Waals surface area contributed by atoms with Gasteiger partial charge in [0, 0.05) is 13.0 Å². The first-order valence-corrected chi connectivity index (χ1v) is 4.15. The van der Waals surface area contributed by atoms with Crippen LogP contribution in [0, 0.1) is 12.3 Å². The molecule has 13 heavy (non-hydrogen) atoms. The van der Waals surface area contributed by atoms with Crippen LogP contribution in [0.3, 0.4) is 0 Å². The van der Waals surface area contributed by atoms with Gasteiger partial charge in [0.25, 0.3) is 0 Å². The zero-order chi connectivity index (χ0) is 10.1. The number of hydrogen-bond acceptors (Lipinski definition) is 4. The zero-order valence-electron chi connectivity index (χ0n) is 7.79. The van der Waals surface area contributed by atoms with Gasteiger partial charge in [0.2, 0.25) is 0 Å². The Hall–Kier alpha value is -1.05. The Morgan fingerprint density at radius 2 is 2.31 bits per heavy atom. The zero-order valence-corrected chi connectivity index (χ0v) is 7.79. The summed E-state index contributed by atoms with van der Waals surface area (Å²) in [5.41, 5.74) is 5.38. The average Bonchev–Trinajstić information content (AvgIpc) is 2.12. The molecule has 0 fully saturated rings. The molecule has 1 unspecified atom stereocenters. The molecule has 0 aromatic rings. The monoisotopic (exact) mass is 185 g/mol. The molecule has 2 N–H and O–H groups in total. The third-order valence-electron chi connectivity index (χ3n) is 1.32. The van der Waals surface area contributed by atoms with Crippen molar-refractivity contribution < 1.29 is 14.3 Å². The highest BCUT2D eigenvalue weighted by atomic mass is 16.6. The van der Waals surface area contributed by atoms with Crippen LogP contribution in [0.5, 0.6) is 0 Å². The van der Waals surface area contributed by atoms with Crippen molar-refractivity contribution >= 4 is 5.97 Å². The second-order valence-electron chi connectivity index (χ2n) is 2.38. The van der Waals surface area contributed by atoms with Gasteiger partial charge in [0.15, 0.2) is 0 Å². The summed E-state index contributed by atoms with van der Waals surface area (Å²) in [4.78, 5) is 11.0. The molecule has 0 saturated heterocycles. The lowest BCUT2D eigenvalue weighted by molar-refractivity contribution is -0.146. The summed E-state index contributed by atoms with van der Waals surface area (Å²) in [6, 6.07) is -0.716. The van der Waals surface area contributed by atoms with E-state index >= 15 is 0 Å². The molecular weight excluding hydrogens is 170 g/mol. The third kappa shape index (κ3) is 6.14. The average molecular weight is 185 g/mol. The van der Waals surface area contributed by atoms with Crippen LogP contribution in [0.1, 0.15) is 13.3 Å².